The molecule has 0 aliphatic carbocycles. The topological polar surface area (TPSA) is 97.1 Å². The van der Waals surface area contributed by atoms with Gasteiger partial charge in [0.15, 0.2) is 0 Å². The zero-order valence-corrected chi connectivity index (χ0v) is 12.6. The summed E-state index contributed by atoms with van der Waals surface area (Å²) in [5.74, 6) is 0.255. The van der Waals surface area contributed by atoms with Gasteiger partial charge in [-0.15, -0.1) is 0 Å². The Morgan fingerprint density at radius 2 is 2.10 bits per heavy atom. The van der Waals surface area contributed by atoms with E-state index in [4.69, 9.17) is 10.5 Å². The Hall–Kier alpha value is -1.88. The number of aliphatic hydroxyl groups excluding tert-OH is 1. The Labute approximate surface area is 129 Å². The van der Waals surface area contributed by atoms with E-state index < -0.39 is 6.10 Å². The summed E-state index contributed by atoms with van der Waals surface area (Å²) in [6.45, 7) is 0.581. The summed E-state index contributed by atoms with van der Waals surface area (Å²) in [6.07, 6.45) is -0.670. The van der Waals surface area contributed by atoms with E-state index in [1.54, 1.807) is 0 Å². The quantitative estimate of drug-likeness (QED) is 0.860. The second-order valence-corrected chi connectivity index (χ2v) is 5.76. The number of rotatable bonds is 2. The number of anilines is 1. The third-order valence-electron chi connectivity index (χ3n) is 3.51. The first-order chi connectivity index (χ1) is 10.1. The molecule has 1 aliphatic heterocycles. The van der Waals surface area contributed by atoms with Crippen molar-refractivity contribution in [2.75, 3.05) is 18.9 Å². The first-order valence-corrected chi connectivity index (χ1v) is 7.21. The van der Waals surface area contributed by atoms with Gasteiger partial charge in [-0.2, -0.15) is 10.4 Å². The second-order valence-electron chi connectivity index (χ2n) is 4.84. The minimum atomic E-state index is -0.670. The van der Waals surface area contributed by atoms with E-state index in [-0.39, 0.29) is 18.5 Å². The van der Waals surface area contributed by atoms with E-state index in [1.807, 2.05) is 24.3 Å². The van der Waals surface area contributed by atoms with Gasteiger partial charge in [-0.3, -0.25) is 0 Å². The Morgan fingerprint density at radius 1 is 1.38 bits per heavy atom. The lowest BCUT2D eigenvalue weighted by Crippen LogP contribution is -2.24. The third kappa shape index (κ3) is 2.42. The largest absolute Gasteiger partial charge is 0.388 e. The van der Waals surface area contributed by atoms with Gasteiger partial charge >= 0.3 is 0 Å². The highest BCUT2D eigenvalue weighted by Crippen LogP contribution is 2.31. The van der Waals surface area contributed by atoms with Crippen LogP contribution < -0.4 is 5.73 Å². The molecule has 1 fully saturated rings. The molecule has 6 nitrogen and oxygen atoms in total. The van der Waals surface area contributed by atoms with Gasteiger partial charge in [0.1, 0.15) is 35.3 Å². The van der Waals surface area contributed by atoms with Crippen LogP contribution in [-0.2, 0) is 4.74 Å². The van der Waals surface area contributed by atoms with Crippen LogP contribution in [0.15, 0.2) is 28.7 Å². The van der Waals surface area contributed by atoms with E-state index in [1.165, 1.54) is 4.68 Å². The molecule has 0 saturated carbocycles. The highest BCUT2D eigenvalue weighted by molar-refractivity contribution is 9.10. The zero-order valence-electron chi connectivity index (χ0n) is 11.0. The second kappa shape index (κ2) is 5.48. The average molecular weight is 349 g/mol. The summed E-state index contributed by atoms with van der Waals surface area (Å²) in [6, 6.07) is 9.20. The molecule has 0 spiro atoms. The molecule has 2 atom stereocenters. The molecule has 0 bridgehead atoms. The third-order valence-corrected chi connectivity index (χ3v) is 4.04. The van der Waals surface area contributed by atoms with Crippen LogP contribution in [0.5, 0.6) is 0 Å². The lowest BCUT2D eigenvalue weighted by Gasteiger charge is -2.14. The summed E-state index contributed by atoms with van der Waals surface area (Å²) in [5, 5.41) is 23.7. The number of nitriles is 1. The van der Waals surface area contributed by atoms with Gasteiger partial charge in [-0.05, 0) is 12.1 Å². The summed E-state index contributed by atoms with van der Waals surface area (Å²) in [7, 11) is 0. The maximum Gasteiger partial charge on any atom is 0.140 e. The van der Waals surface area contributed by atoms with Crippen LogP contribution in [0.1, 0.15) is 11.6 Å². The molecule has 1 saturated heterocycles. The fraction of sp³-hybridized carbons (Fsp3) is 0.286. The number of hydrogen-bond donors (Lipinski definition) is 2. The number of nitrogens with zero attached hydrogens (tertiary/aromatic N) is 3. The van der Waals surface area contributed by atoms with Crippen LogP contribution in [0, 0.1) is 11.3 Å². The number of nitrogen functional groups attached to an aromatic ring is 1. The highest BCUT2D eigenvalue weighted by atomic mass is 79.9. The predicted octanol–water partition coefficient (Wildman–Crippen LogP) is 1.70. The van der Waals surface area contributed by atoms with E-state index in [0.717, 1.165) is 10.0 Å². The Bertz CT molecular complexity index is 705. The van der Waals surface area contributed by atoms with E-state index in [2.05, 4.69) is 27.1 Å². The van der Waals surface area contributed by atoms with Crippen molar-refractivity contribution in [3.8, 4) is 17.3 Å². The van der Waals surface area contributed by atoms with Gasteiger partial charge in [0.2, 0.25) is 0 Å². The SMILES string of the molecule is N#Cc1c(-c2ccc(Br)cc2)nn(C2COCC2O)c1N. The number of benzene rings is 1. The van der Waals surface area contributed by atoms with E-state index >= 15 is 0 Å². The average Bonchev–Trinajstić information content (AvgIpc) is 3.03. The van der Waals surface area contributed by atoms with Crippen molar-refractivity contribution >= 4 is 21.7 Å². The van der Waals surface area contributed by atoms with Gasteiger partial charge in [0, 0.05) is 10.0 Å². The van der Waals surface area contributed by atoms with E-state index in [9.17, 15) is 10.4 Å². The van der Waals surface area contributed by atoms with Crippen molar-refractivity contribution in [3.63, 3.8) is 0 Å². The van der Waals surface area contributed by atoms with Gasteiger partial charge in [-0.1, -0.05) is 28.1 Å². The molecule has 3 rings (SSSR count). The van der Waals surface area contributed by atoms with Crippen molar-refractivity contribution in [3.05, 3.63) is 34.3 Å². The van der Waals surface area contributed by atoms with Crippen LogP contribution >= 0.6 is 15.9 Å². The van der Waals surface area contributed by atoms with Gasteiger partial charge in [0.25, 0.3) is 0 Å². The highest BCUT2D eigenvalue weighted by Gasteiger charge is 2.32. The minimum absolute atomic E-state index is 0.249. The summed E-state index contributed by atoms with van der Waals surface area (Å²) < 4.78 is 7.66. The standard InChI is InChI=1S/C14H13BrN4O2/c15-9-3-1-8(2-4-9)13-10(5-16)14(17)19(18-13)11-6-21-7-12(11)20/h1-4,11-12,20H,6-7,17H2. The molecular formula is C14H13BrN4O2. The van der Waals surface area contributed by atoms with Crippen LogP contribution in [-0.4, -0.2) is 34.2 Å². The minimum Gasteiger partial charge on any atom is -0.388 e. The molecule has 0 radical (unpaired) electrons. The fourth-order valence-electron chi connectivity index (χ4n) is 2.39. The van der Waals surface area contributed by atoms with Gasteiger partial charge in [-0.25, -0.2) is 4.68 Å². The summed E-state index contributed by atoms with van der Waals surface area (Å²) in [4.78, 5) is 0. The number of ether oxygens (including phenoxy) is 1. The van der Waals surface area contributed by atoms with Crippen molar-refractivity contribution in [1.29, 1.82) is 5.26 Å². The summed E-state index contributed by atoms with van der Waals surface area (Å²) in [5.41, 5.74) is 7.66. The molecule has 1 aromatic carbocycles. The van der Waals surface area contributed by atoms with Crippen LogP contribution in [0.2, 0.25) is 0 Å². The van der Waals surface area contributed by atoms with Crippen LogP contribution in [0.3, 0.4) is 0 Å². The molecule has 2 heterocycles. The lowest BCUT2D eigenvalue weighted by atomic mass is 10.1. The molecule has 108 valence electrons. The fourth-order valence-corrected chi connectivity index (χ4v) is 2.65. The monoisotopic (exact) mass is 348 g/mol. The smallest absolute Gasteiger partial charge is 0.140 e. The van der Waals surface area contributed by atoms with Crippen molar-refractivity contribution < 1.29 is 9.84 Å². The predicted molar refractivity (Wildman–Crippen MR) is 80.4 cm³/mol. The van der Waals surface area contributed by atoms with Gasteiger partial charge in [0.05, 0.1) is 13.2 Å². The zero-order chi connectivity index (χ0) is 15.0. The van der Waals surface area contributed by atoms with Crippen molar-refractivity contribution in [2.24, 2.45) is 0 Å². The van der Waals surface area contributed by atoms with Crippen molar-refractivity contribution in [1.82, 2.24) is 9.78 Å². The molecule has 3 N–H and O–H groups in total. The number of nitrogens with two attached hydrogens (primary N) is 1. The molecule has 0 amide bonds. The lowest BCUT2D eigenvalue weighted by molar-refractivity contribution is 0.118. The molecule has 21 heavy (non-hydrogen) atoms. The first kappa shape index (κ1) is 14.1. The maximum absolute atomic E-state index is 9.92. The van der Waals surface area contributed by atoms with Crippen LogP contribution in [0.4, 0.5) is 5.82 Å². The normalized spacial score (nSPS) is 21.4. The molecular weight excluding hydrogens is 336 g/mol. The number of hydrogen-bond acceptors (Lipinski definition) is 5. The summed E-state index contributed by atoms with van der Waals surface area (Å²) >= 11 is 3.37. The molecule has 7 heteroatoms. The first-order valence-electron chi connectivity index (χ1n) is 6.41. The Kier molecular flexibility index (Phi) is 3.68. The molecule has 2 aromatic rings. The van der Waals surface area contributed by atoms with Gasteiger partial charge < -0.3 is 15.6 Å². The number of halogens is 1. The van der Waals surface area contributed by atoms with Crippen molar-refractivity contribution in [2.45, 2.75) is 12.1 Å². The van der Waals surface area contributed by atoms with E-state index in [0.29, 0.717) is 17.9 Å². The molecule has 1 aliphatic rings. The molecule has 2 unspecified atom stereocenters. The maximum atomic E-state index is 9.92. The number of aliphatic hydroxyl groups is 1. The van der Waals surface area contributed by atoms with Crippen LogP contribution in [0.25, 0.3) is 11.3 Å². The molecule has 1 aromatic heterocycles. The Balaban J connectivity index is 2.09. The number of aromatic nitrogens is 2. The Morgan fingerprint density at radius 3 is 2.67 bits per heavy atom.